The van der Waals surface area contributed by atoms with Gasteiger partial charge in [-0.3, -0.25) is 4.79 Å². The zero-order chi connectivity index (χ0) is 24.9. The maximum atomic E-state index is 12.8. The molecule has 2 aromatic rings. The minimum atomic E-state index is -1.02. The van der Waals surface area contributed by atoms with Crippen LogP contribution in [0, 0.1) is 0 Å². The zero-order valence-corrected chi connectivity index (χ0v) is 21.6. The molecule has 0 aliphatic heterocycles. The van der Waals surface area contributed by atoms with Crippen LogP contribution in [0.1, 0.15) is 63.7 Å². The number of hydrogen-bond donors (Lipinski definition) is 2. The number of carbonyl (C=O) groups is 2. The van der Waals surface area contributed by atoms with Crippen LogP contribution in [0.2, 0.25) is 0 Å². The zero-order valence-electron chi connectivity index (χ0n) is 20.8. The molecule has 5 heteroatoms. The molecular formula is C29H37NO3S. The Bertz CT molecular complexity index is 1060. The fraction of sp³-hybridized carbons (Fsp3) is 0.379. The molecule has 0 aromatic heterocycles. The Kier molecular flexibility index (Phi) is 11.7. The van der Waals surface area contributed by atoms with Gasteiger partial charge >= 0.3 is 5.97 Å². The Labute approximate surface area is 208 Å². The fourth-order valence-electron chi connectivity index (χ4n) is 3.56. The summed E-state index contributed by atoms with van der Waals surface area (Å²) in [4.78, 5) is 24.5. The van der Waals surface area contributed by atoms with Gasteiger partial charge in [0.25, 0.3) is 5.91 Å². The van der Waals surface area contributed by atoms with Gasteiger partial charge in [-0.05, 0) is 70.2 Å². The van der Waals surface area contributed by atoms with Crippen molar-refractivity contribution in [2.75, 3.05) is 11.5 Å². The van der Waals surface area contributed by atoms with E-state index in [0.29, 0.717) is 11.3 Å². The standard InChI is InChI=1S/C29H37NO3S/c1-21(2)10-7-11-22(3)12-8-13-23(4)18-19-34-20-27(29(32)33)30-28(31)26-17-9-15-24-14-5-6-16-25(24)26/h5-6,9-10,12,14-18,27H,7-8,11,13,19-20H2,1-4H3,(H,30,31)(H,32,33)/b22-12+,23-18+/t27-/m0/s1. The van der Waals surface area contributed by atoms with Crippen molar-refractivity contribution >= 4 is 34.4 Å². The highest BCUT2D eigenvalue weighted by atomic mass is 32.2. The molecule has 2 rings (SSSR count). The molecule has 0 radical (unpaired) electrons. The van der Waals surface area contributed by atoms with Gasteiger partial charge in [0.2, 0.25) is 0 Å². The molecule has 0 aliphatic rings. The molecule has 182 valence electrons. The Balaban J connectivity index is 1.81. The lowest BCUT2D eigenvalue weighted by atomic mass is 10.0. The van der Waals surface area contributed by atoms with E-state index in [2.05, 4.69) is 51.2 Å². The first kappa shape index (κ1) is 27.5. The molecule has 0 heterocycles. The monoisotopic (exact) mass is 479 g/mol. The summed E-state index contributed by atoms with van der Waals surface area (Å²) in [5.41, 5.74) is 4.58. The first-order chi connectivity index (χ1) is 16.3. The van der Waals surface area contributed by atoms with Gasteiger partial charge in [0.05, 0.1) is 0 Å². The van der Waals surface area contributed by atoms with E-state index in [1.54, 1.807) is 6.07 Å². The van der Waals surface area contributed by atoms with E-state index in [1.807, 2.05) is 36.4 Å². The van der Waals surface area contributed by atoms with Crippen LogP contribution < -0.4 is 5.32 Å². The molecule has 1 amide bonds. The summed E-state index contributed by atoms with van der Waals surface area (Å²) >= 11 is 1.52. The molecular weight excluding hydrogens is 442 g/mol. The Hall–Kier alpha value is -2.79. The van der Waals surface area contributed by atoms with E-state index < -0.39 is 12.0 Å². The number of amides is 1. The van der Waals surface area contributed by atoms with E-state index in [9.17, 15) is 14.7 Å². The van der Waals surface area contributed by atoms with E-state index >= 15 is 0 Å². The summed E-state index contributed by atoms with van der Waals surface area (Å²) in [6.07, 6.45) is 11.0. The van der Waals surface area contributed by atoms with E-state index in [-0.39, 0.29) is 5.91 Å². The lowest BCUT2D eigenvalue weighted by molar-refractivity contribution is -0.138. The number of thioether (sulfide) groups is 1. The number of fused-ring (bicyclic) bond motifs is 1. The topological polar surface area (TPSA) is 66.4 Å². The predicted octanol–water partition coefficient (Wildman–Crippen LogP) is 7.18. The molecule has 0 unspecified atom stereocenters. The molecule has 0 aliphatic carbocycles. The smallest absolute Gasteiger partial charge is 0.327 e. The van der Waals surface area contributed by atoms with Crippen molar-refractivity contribution in [1.82, 2.24) is 5.32 Å². The third kappa shape index (κ3) is 9.60. The van der Waals surface area contributed by atoms with Crippen LogP contribution in [-0.2, 0) is 4.79 Å². The Morgan fingerprint density at radius 2 is 1.56 bits per heavy atom. The van der Waals surface area contributed by atoms with E-state index in [4.69, 9.17) is 0 Å². The maximum absolute atomic E-state index is 12.8. The average Bonchev–Trinajstić information content (AvgIpc) is 2.80. The largest absolute Gasteiger partial charge is 0.480 e. The van der Waals surface area contributed by atoms with Crippen LogP contribution in [0.25, 0.3) is 10.8 Å². The third-order valence-electron chi connectivity index (χ3n) is 5.59. The van der Waals surface area contributed by atoms with Crippen molar-refractivity contribution < 1.29 is 14.7 Å². The second kappa shape index (κ2) is 14.5. The normalized spacial score (nSPS) is 12.9. The first-order valence-electron chi connectivity index (χ1n) is 11.8. The van der Waals surface area contributed by atoms with Crippen molar-refractivity contribution in [3.05, 3.63) is 83.0 Å². The number of benzene rings is 2. The quantitative estimate of drug-likeness (QED) is 0.236. The molecule has 2 N–H and O–H groups in total. The van der Waals surface area contributed by atoms with E-state index in [1.165, 1.54) is 28.5 Å². The molecule has 0 fully saturated rings. The number of hydrogen-bond acceptors (Lipinski definition) is 3. The number of carboxylic acids is 1. The lowest BCUT2D eigenvalue weighted by Crippen LogP contribution is -2.42. The predicted molar refractivity (Wildman–Crippen MR) is 146 cm³/mol. The lowest BCUT2D eigenvalue weighted by Gasteiger charge is -2.15. The summed E-state index contributed by atoms with van der Waals surface area (Å²) in [5, 5.41) is 14.1. The molecule has 1 atom stereocenters. The molecule has 0 bridgehead atoms. The van der Waals surface area contributed by atoms with Crippen molar-refractivity contribution in [2.24, 2.45) is 0 Å². The molecule has 0 spiro atoms. The van der Waals surface area contributed by atoms with Crippen molar-refractivity contribution in [2.45, 2.75) is 59.4 Å². The summed E-state index contributed by atoms with van der Waals surface area (Å²) < 4.78 is 0. The number of carboxylic acid groups (broad SMARTS) is 1. The minimum Gasteiger partial charge on any atom is -0.480 e. The van der Waals surface area contributed by atoms with E-state index in [0.717, 1.165) is 42.2 Å². The molecule has 34 heavy (non-hydrogen) atoms. The van der Waals surface area contributed by atoms with Gasteiger partial charge in [0, 0.05) is 17.1 Å². The van der Waals surface area contributed by atoms with Crippen LogP contribution in [0.5, 0.6) is 0 Å². The number of carbonyl (C=O) groups excluding carboxylic acids is 1. The van der Waals surface area contributed by atoms with Crippen LogP contribution in [-0.4, -0.2) is 34.5 Å². The second-order valence-corrected chi connectivity index (χ2v) is 9.96. The van der Waals surface area contributed by atoms with Crippen molar-refractivity contribution in [3.8, 4) is 0 Å². The van der Waals surface area contributed by atoms with Gasteiger partial charge in [0.1, 0.15) is 6.04 Å². The molecule has 0 saturated heterocycles. The van der Waals surface area contributed by atoms with Gasteiger partial charge in [-0.15, -0.1) is 0 Å². The number of aliphatic carboxylic acids is 1. The van der Waals surface area contributed by atoms with Crippen LogP contribution in [0.3, 0.4) is 0 Å². The van der Waals surface area contributed by atoms with Crippen molar-refractivity contribution in [1.29, 1.82) is 0 Å². The van der Waals surface area contributed by atoms with Crippen LogP contribution in [0.15, 0.2) is 77.4 Å². The minimum absolute atomic E-state index is 0.318. The second-order valence-electron chi connectivity index (χ2n) is 8.89. The number of nitrogens with one attached hydrogen (secondary N) is 1. The number of allylic oxidation sites excluding steroid dienone is 5. The summed E-state index contributed by atoms with van der Waals surface area (Å²) in [7, 11) is 0. The fourth-order valence-corrected chi connectivity index (χ4v) is 4.56. The summed E-state index contributed by atoms with van der Waals surface area (Å²) in [5.74, 6) is -0.332. The van der Waals surface area contributed by atoms with Gasteiger partial charge in [-0.25, -0.2) is 4.79 Å². The summed E-state index contributed by atoms with van der Waals surface area (Å²) in [6.45, 7) is 8.56. The molecule has 2 aromatic carbocycles. The van der Waals surface area contributed by atoms with Gasteiger partial charge in [-0.1, -0.05) is 71.3 Å². The molecule has 4 nitrogen and oxygen atoms in total. The van der Waals surface area contributed by atoms with Gasteiger partial charge in [0.15, 0.2) is 0 Å². The average molecular weight is 480 g/mol. The number of rotatable bonds is 13. The Morgan fingerprint density at radius 3 is 2.26 bits per heavy atom. The highest BCUT2D eigenvalue weighted by molar-refractivity contribution is 7.99. The van der Waals surface area contributed by atoms with Crippen LogP contribution in [0.4, 0.5) is 0 Å². The third-order valence-corrected chi connectivity index (χ3v) is 6.57. The Morgan fingerprint density at radius 1 is 0.912 bits per heavy atom. The maximum Gasteiger partial charge on any atom is 0.327 e. The highest BCUT2D eigenvalue weighted by Gasteiger charge is 2.21. The van der Waals surface area contributed by atoms with Crippen molar-refractivity contribution in [3.63, 3.8) is 0 Å². The molecule has 0 saturated carbocycles. The SMILES string of the molecule is CC(C)=CCC/C(C)=C/CC/C(C)=C/CSC[C@H](NC(=O)c1cccc2ccccc12)C(=O)O. The van der Waals surface area contributed by atoms with Gasteiger partial charge in [-0.2, -0.15) is 11.8 Å². The first-order valence-corrected chi connectivity index (χ1v) is 13.0. The summed E-state index contributed by atoms with van der Waals surface area (Å²) in [6, 6.07) is 12.2. The van der Waals surface area contributed by atoms with Crippen LogP contribution >= 0.6 is 11.8 Å². The highest BCUT2D eigenvalue weighted by Crippen LogP contribution is 2.19. The van der Waals surface area contributed by atoms with Gasteiger partial charge < -0.3 is 10.4 Å².